The number of unbranched alkanes of at least 4 members (excludes halogenated alkanes) is 5. The first-order valence-electron chi connectivity index (χ1n) is 17.2. The third kappa shape index (κ3) is 79.1. The van der Waals surface area contributed by atoms with Gasteiger partial charge in [-0.05, 0) is 81.7 Å². The van der Waals surface area contributed by atoms with Crippen molar-refractivity contribution < 1.29 is 5.11 Å². The van der Waals surface area contributed by atoms with Crippen LogP contribution in [0.25, 0.3) is 0 Å². The summed E-state index contributed by atoms with van der Waals surface area (Å²) in [7, 11) is 0. The highest BCUT2D eigenvalue weighted by molar-refractivity contribution is 14.1. The highest BCUT2D eigenvalue weighted by Gasteiger charge is 2.07. The molecule has 0 atom stereocenters. The van der Waals surface area contributed by atoms with Gasteiger partial charge in [-0.2, -0.15) is 0 Å². The van der Waals surface area contributed by atoms with E-state index in [1.54, 1.807) is 0 Å². The van der Waals surface area contributed by atoms with Crippen molar-refractivity contribution in [1.29, 1.82) is 0 Å². The molecule has 2 aromatic rings. The Balaban J connectivity index is -0.000000151. The molecule has 0 bridgehead atoms. The fourth-order valence-electron chi connectivity index (χ4n) is 3.16. The Bertz CT molecular complexity index is 752. The second-order valence-corrected chi connectivity index (χ2v) is 23.7. The summed E-state index contributed by atoms with van der Waals surface area (Å²) in [5.74, 6) is 0. The molecule has 48 heavy (non-hydrogen) atoms. The van der Waals surface area contributed by atoms with Gasteiger partial charge in [-0.25, -0.2) is 0 Å². The molecule has 1 nitrogen and oxygen atoms in total. The summed E-state index contributed by atoms with van der Waals surface area (Å²) >= 11 is 18.8. The zero-order valence-corrected chi connectivity index (χ0v) is 48.2. The first-order valence-corrected chi connectivity index (χ1v) is 28.5. The Morgan fingerprint density at radius 1 is 0.708 bits per heavy atom. The molecule has 286 valence electrons. The van der Waals surface area contributed by atoms with E-state index in [0.717, 1.165) is 18.7 Å². The fraction of sp³-hybridized carbons (Fsp3) is 0.692. The van der Waals surface area contributed by atoms with Gasteiger partial charge in [-0.1, -0.05) is 300 Å². The molecule has 1 saturated carbocycles. The molecule has 0 aromatic heterocycles. The average molecular weight is 1570 g/mol. The van der Waals surface area contributed by atoms with Crippen molar-refractivity contribution in [2.45, 2.75) is 136 Å². The summed E-state index contributed by atoms with van der Waals surface area (Å²) in [4.78, 5) is 1.97. The molecular formula is C39H68I8O. The summed E-state index contributed by atoms with van der Waals surface area (Å²) in [6, 6.07) is 20.8. The molecule has 2 aromatic carbocycles. The van der Waals surface area contributed by atoms with Crippen molar-refractivity contribution in [3.8, 4) is 0 Å². The third-order valence-electron chi connectivity index (χ3n) is 5.27. The van der Waals surface area contributed by atoms with Crippen molar-refractivity contribution in [2.24, 2.45) is 0 Å². The number of aliphatic hydroxyl groups excluding tert-OH is 1. The van der Waals surface area contributed by atoms with Gasteiger partial charge in [0.2, 0.25) is 0 Å². The van der Waals surface area contributed by atoms with E-state index < -0.39 is 0 Å². The molecule has 3 rings (SSSR count). The Morgan fingerprint density at radius 3 is 1.38 bits per heavy atom. The highest BCUT2D eigenvalue weighted by atomic mass is 127. The maximum atomic E-state index is 8.06. The summed E-state index contributed by atoms with van der Waals surface area (Å²) in [5, 5.41) is 8.06. The van der Waals surface area contributed by atoms with Gasteiger partial charge in [-0.3, -0.25) is 0 Å². The second kappa shape index (κ2) is 53.3. The Labute approximate surface area is 409 Å². The number of hydrogen-bond donors (Lipinski definition) is 1. The van der Waals surface area contributed by atoms with Crippen molar-refractivity contribution in [3.63, 3.8) is 0 Å². The van der Waals surface area contributed by atoms with Crippen LogP contribution in [-0.2, 0) is 6.42 Å². The van der Waals surface area contributed by atoms with Crippen LogP contribution >= 0.6 is 181 Å². The summed E-state index contributed by atoms with van der Waals surface area (Å²) in [6.45, 7) is 13.4. The molecule has 0 aliphatic heterocycles. The van der Waals surface area contributed by atoms with Gasteiger partial charge in [0.1, 0.15) is 0 Å². The molecule has 1 N–H and O–H groups in total. The highest BCUT2D eigenvalue weighted by Crippen LogP contribution is 2.23. The minimum absolute atomic E-state index is 0.336. The first kappa shape index (κ1) is 61.5. The lowest BCUT2D eigenvalue weighted by Gasteiger charge is -2.13. The monoisotopic (exact) mass is 1570 g/mol. The van der Waals surface area contributed by atoms with Crippen LogP contribution in [0.15, 0.2) is 60.7 Å². The van der Waals surface area contributed by atoms with Gasteiger partial charge in [0, 0.05) is 30.3 Å². The van der Waals surface area contributed by atoms with Gasteiger partial charge in [-0.15, -0.1) is 0 Å². The lowest BCUT2D eigenvalue weighted by atomic mass is 10.0. The van der Waals surface area contributed by atoms with E-state index in [0.29, 0.717) is 10.0 Å². The quantitative estimate of drug-likeness (QED) is 0.143. The molecule has 0 saturated heterocycles. The van der Waals surface area contributed by atoms with Crippen LogP contribution in [0.2, 0.25) is 0 Å². The summed E-state index contributed by atoms with van der Waals surface area (Å²) in [6.07, 6.45) is 18.1. The molecule has 9 heteroatoms. The zero-order chi connectivity index (χ0) is 37.9. The molecule has 0 spiro atoms. The van der Waals surface area contributed by atoms with Crippen LogP contribution in [0, 0.1) is 3.57 Å². The Morgan fingerprint density at radius 2 is 1.10 bits per heavy atom. The maximum Gasteiger partial charge on any atom is 0.0438 e. The van der Waals surface area contributed by atoms with E-state index in [1.807, 2.05) is 23.1 Å². The molecule has 1 aliphatic carbocycles. The third-order valence-corrected chi connectivity index (χ3v) is 9.30. The molecule has 0 amide bonds. The van der Waals surface area contributed by atoms with Crippen molar-refractivity contribution >= 4 is 181 Å². The second-order valence-electron chi connectivity index (χ2n) is 11.8. The van der Waals surface area contributed by atoms with E-state index in [9.17, 15) is 0 Å². The number of benzene rings is 2. The number of rotatable bonds is 10. The van der Waals surface area contributed by atoms with Gasteiger partial charge in [0.25, 0.3) is 0 Å². The van der Waals surface area contributed by atoms with Crippen LogP contribution < -0.4 is 0 Å². The van der Waals surface area contributed by atoms with E-state index in [-0.39, 0.29) is 0 Å². The molecule has 0 unspecified atom stereocenters. The molecule has 1 aliphatic rings. The van der Waals surface area contributed by atoms with Crippen LogP contribution in [0.4, 0.5) is 0 Å². The zero-order valence-electron chi connectivity index (χ0n) is 30.9. The van der Waals surface area contributed by atoms with Crippen LogP contribution in [0.5, 0.6) is 0 Å². The number of aryl methyl sites for hydroxylation is 1. The van der Waals surface area contributed by atoms with Gasteiger partial charge in [0.05, 0.1) is 0 Å². The Hall–Kier alpha value is 4.24. The predicted octanol–water partition coefficient (Wildman–Crippen LogP) is 17.4. The summed E-state index contributed by atoms with van der Waals surface area (Å²) in [5.41, 5.74) is 1.44. The average Bonchev–Trinajstić information content (AvgIpc) is 3.04. The van der Waals surface area contributed by atoms with Crippen LogP contribution in [-0.4, -0.2) is 41.2 Å². The van der Waals surface area contributed by atoms with E-state index in [1.165, 1.54) is 95.0 Å². The van der Waals surface area contributed by atoms with E-state index in [2.05, 4.69) is 265 Å². The molecular weight excluding hydrogens is 1500 g/mol. The fourth-order valence-corrected chi connectivity index (χ4v) is 5.96. The topological polar surface area (TPSA) is 20.2 Å². The normalized spacial score (nSPS) is 11.6. The Kier molecular flexibility index (Phi) is 68.3. The maximum absolute atomic E-state index is 8.06. The smallest absolute Gasteiger partial charge is 0.0438 e. The number of hydrogen-bond acceptors (Lipinski definition) is 1. The standard InChI is InChI=1S/C8H9I.C8H17I.C6H11I.C6H5I.C4H9I.C3H7IO.C3H7I.CH3I/c9-7-6-8-4-2-1-3-5-8;1-2-3-4-5-6-7-8-9;2*7-6-4-2-1-3-5-6;1-4(2,3)5;4-2-1-3-5;1-3(2)4;1-2/h1-5H,6-7H2;2-8H2,1H3;6H,1-5H2;1-5H;1-3H3;5H,1-3H2;3H,1-2H3;1H3. The number of halogens is 8. The van der Waals surface area contributed by atoms with Crippen molar-refractivity contribution in [3.05, 3.63) is 69.8 Å². The van der Waals surface area contributed by atoms with Crippen LogP contribution in [0.1, 0.15) is 124 Å². The summed E-state index contributed by atoms with van der Waals surface area (Å²) < 4.78 is 7.18. The predicted molar refractivity (Wildman–Crippen MR) is 295 cm³/mol. The number of alkyl halides is 7. The van der Waals surface area contributed by atoms with Gasteiger partial charge < -0.3 is 5.11 Å². The minimum atomic E-state index is 0.336. The minimum Gasteiger partial charge on any atom is -0.396 e. The van der Waals surface area contributed by atoms with Gasteiger partial charge >= 0.3 is 0 Å². The van der Waals surface area contributed by atoms with Crippen LogP contribution in [0.3, 0.4) is 0 Å². The largest absolute Gasteiger partial charge is 0.396 e. The van der Waals surface area contributed by atoms with Crippen molar-refractivity contribution in [1.82, 2.24) is 0 Å². The number of aliphatic hydroxyl groups is 1. The van der Waals surface area contributed by atoms with E-state index in [4.69, 9.17) is 5.11 Å². The molecule has 0 radical (unpaired) electrons. The lowest BCUT2D eigenvalue weighted by molar-refractivity contribution is 0.297. The SMILES string of the molecule is CC(C)(C)I.CC(C)I.CCCCCCCCI.CI.IC1CCCCC1.ICCc1ccccc1.Ic1ccccc1.OCCCI. The molecule has 1 fully saturated rings. The van der Waals surface area contributed by atoms with E-state index >= 15 is 0 Å². The molecule has 0 heterocycles. The lowest BCUT2D eigenvalue weighted by Crippen LogP contribution is -2.02. The van der Waals surface area contributed by atoms with Gasteiger partial charge in [0.15, 0.2) is 0 Å². The van der Waals surface area contributed by atoms with Crippen molar-refractivity contribution in [2.75, 3.05) is 24.8 Å². The first-order chi connectivity index (χ1) is 22.8.